The molecule has 2 aromatic rings. The summed E-state index contributed by atoms with van der Waals surface area (Å²) in [5.74, 6) is 0.935. The number of aryl methyl sites for hydroxylation is 1. The van der Waals surface area contributed by atoms with Crippen molar-refractivity contribution in [2.24, 2.45) is 7.05 Å². The van der Waals surface area contributed by atoms with Gasteiger partial charge in [-0.1, -0.05) is 18.2 Å². The van der Waals surface area contributed by atoms with Crippen molar-refractivity contribution >= 4 is 11.8 Å². The maximum atomic E-state index is 12.2. The monoisotopic (exact) mass is 357 g/mol. The van der Waals surface area contributed by atoms with Crippen LogP contribution in [-0.4, -0.2) is 57.5 Å². The minimum atomic E-state index is -0.461. The molecular formula is C19H27N5O2. The van der Waals surface area contributed by atoms with Crippen molar-refractivity contribution in [1.29, 1.82) is 0 Å². The third-order valence-electron chi connectivity index (χ3n) is 4.42. The van der Waals surface area contributed by atoms with Gasteiger partial charge >= 0.3 is 6.09 Å². The van der Waals surface area contributed by atoms with E-state index in [2.05, 4.69) is 33.2 Å². The van der Waals surface area contributed by atoms with Gasteiger partial charge < -0.3 is 14.5 Å². The standard InChI is InChI=1S/C19H27N5O2/c1-19(2,3)26-18(25)24-11-9-23(10-12-24)16-8-6-5-7-15(16)13-17-20-14-21-22(17)4/h5-8,14H,9-13H2,1-4H3. The fraction of sp³-hybridized carbons (Fsp3) is 0.526. The molecule has 2 heterocycles. The van der Waals surface area contributed by atoms with Gasteiger partial charge in [-0.15, -0.1) is 0 Å². The van der Waals surface area contributed by atoms with Gasteiger partial charge in [-0.2, -0.15) is 5.10 Å². The number of anilines is 1. The summed E-state index contributed by atoms with van der Waals surface area (Å²) in [5.41, 5.74) is 1.95. The fourth-order valence-corrected chi connectivity index (χ4v) is 3.08. The highest BCUT2D eigenvalue weighted by molar-refractivity contribution is 5.69. The summed E-state index contributed by atoms with van der Waals surface area (Å²) in [6.45, 7) is 8.57. The minimum absolute atomic E-state index is 0.232. The van der Waals surface area contributed by atoms with E-state index in [0.717, 1.165) is 25.3 Å². The van der Waals surface area contributed by atoms with Crippen molar-refractivity contribution in [3.63, 3.8) is 0 Å². The molecule has 1 fully saturated rings. The average molecular weight is 357 g/mol. The topological polar surface area (TPSA) is 63.5 Å². The van der Waals surface area contributed by atoms with Gasteiger partial charge in [-0.3, -0.25) is 4.68 Å². The molecule has 1 aliphatic rings. The van der Waals surface area contributed by atoms with Crippen LogP contribution in [0.3, 0.4) is 0 Å². The third-order valence-corrected chi connectivity index (χ3v) is 4.42. The third kappa shape index (κ3) is 4.33. The number of para-hydroxylation sites is 1. The first-order valence-electron chi connectivity index (χ1n) is 8.97. The number of carbonyl (C=O) groups is 1. The zero-order chi connectivity index (χ0) is 18.7. The predicted octanol–water partition coefficient (Wildman–Crippen LogP) is 2.46. The molecule has 0 bridgehead atoms. The zero-order valence-electron chi connectivity index (χ0n) is 16.0. The van der Waals surface area contributed by atoms with Gasteiger partial charge in [-0.25, -0.2) is 9.78 Å². The van der Waals surface area contributed by atoms with Gasteiger partial charge in [0.05, 0.1) is 0 Å². The molecule has 140 valence electrons. The number of amides is 1. The first-order valence-corrected chi connectivity index (χ1v) is 8.97. The van der Waals surface area contributed by atoms with Crippen molar-refractivity contribution in [2.45, 2.75) is 32.8 Å². The molecule has 0 spiro atoms. The van der Waals surface area contributed by atoms with Crippen LogP contribution in [-0.2, 0) is 18.2 Å². The van der Waals surface area contributed by atoms with Crippen molar-refractivity contribution < 1.29 is 9.53 Å². The first-order chi connectivity index (χ1) is 12.3. The van der Waals surface area contributed by atoms with E-state index < -0.39 is 5.60 Å². The number of rotatable bonds is 3. The Balaban J connectivity index is 1.66. The Kier molecular flexibility index (Phi) is 5.15. The molecule has 7 heteroatoms. The summed E-state index contributed by atoms with van der Waals surface area (Å²) in [6, 6.07) is 8.36. The van der Waals surface area contributed by atoms with E-state index in [1.165, 1.54) is 11.3 Å². The summed E-state index contributed by atoms with van der Waals surface area (Å²) in [6.07, 6.45) is 2.08. The van der Waals surface area contributed by atoms with Gasteiger partial charge in [0.25, 0.3) is 0 Å². The van der Waals surface area contributed by atoms with Crippen LogP contribution in [0.4, 0.5) is 10.5 Å². The summed E-state index contributed by atoms with van der Waals surface area (Å²) in [7, 11) is 1.91. The normalized spacial score (nSPS) is 15.2. The Morgan fingerprint density at radius 2 is 1.85 bits per heavy atom. The van der Waals surface area contributed by atoms with Crippen LogP contribution in [0, 0.1) is 0 Å². The highest BCUT2D eigenvalue weighted by atomic mass is 16.6. The van der Waals surface area contributed by atoms with Crippen LogP contribution < -0.4 is 4.90 Å². The Labute approximate surface area is 154 Å². The van der Waals surface area contributed by atoms with Crippen LogP contribution in [0.25, 0.3) is 0 Å². The summed E-state index contributed by atoms with van der Waals surface area (Å²) in [4.78, 5) is 20.7. The molecule has 0 N–H and O–H groups in total. The Morgan fingerprint density at radius 1 is 1.15 bits per heavy atom. The van der Waals surface area contributed by atoms with Crippen LogP contribution in [0.1, 0.15) is 32.2 Å². The van der Waals surface area contributed by atoms with Gasteiger partial charge in [0.1, 0.15) is 17.8 Å². The second kappa shape index (κ2) is 7.35. The number of ether oxygens (including phenoxy) is 1. The molecule has 0 unspecified atom stereocenters. The van der Waals surface area contributed by atoms with E-state index in [-0.39, 0.29) is 6.09 Å². The summed E-state index contributed by atoms with van der Waals surface area (Å²) >= 11 is 0. The highest BCUT2D eigenvalue weighted by Crippen LogP contribution is 2.24. The molecule has 1 saturated heterocycles. The zero-order valence-corrected chi connectivity index (χ0v) is 16.0. The second-order valence-corrected chi connectivity index (χ2v) is 7.56. The van der Waals surface area contributed by atoms with E-state index in [0.29, 0.717) is 13.1 Å². The van der Waals surface area contributed by atoms with Crippen LogP contribution in [0.5, 0.6) is 0 Å². The predicted molar refractivity (Wildman–Crippen MR) is 100 cm³/mol. The van der Waals surface area contributed by atoms with Crippen LogP contribution in [0.2, 0.25) is 0 Å². The molecular weight excluding hydrogens is 330 g/mol. The van der Waals surface area contributed by atoms with E-state index >= 15 is 0 Å². The Bertz CT molecular complexity index is 757. The molecule has 1 aliphatic heterocycles. The van der Waals surface area contributed by atoms with Crippen molar-refractivity contribution in [1.82, 2.24) is 19.7 Å². The molecule has 0 radical (unpaired) electrons. The van der Waals surface area contributed by atoms with E-state index in [1.807, 2.05) is 33.9 Å². The number of hydrogen-bond acceptors (Lipinski definition) is 5. The highest BCUT2D eigenvalue weighted by Gasteiger charge is 2.26. The lowest BCUT2D eigenvalue weighted by molar-refractivity contribution is 0.0240. The number of aromatic nitrogens is 3. The average Bonchev–Trinajstić information content (AvgIpc) is 2.99. The number of hydrogen-bond donors (Lipinski definition) is 0. The van der Waals surface area contributed by atoms with Crippen molar-refractivity contribution in [2.75, 3.05) is 31.1 Å². The number of benzene rings is 1. The Hall–Kier alpha value is -2.57. The molecule has 0 atom stereocenters. The smallest absolute Gasteiger partial charge is 0.410 e. The molecule has 1 aromatic carbocycles. The van der Waals surface area contributed by atoms with E-state index in [1.54, 1.807) is 15.9 Å². The van der Waals surface area contributed by atoms with E-state index in [9.17, 15) is 4.79 Å². The van der Waals surface area contributed by atoms with Gasteiger partial charge in [0.15, 0.2) is 0 Å². The largest absolute Gasteiger partial charge is 0.444 e. The lowest BCUT2D eigenvalue weighted by Gasteiger charge is -2.37. The maximum Gasteiger partial charge on any atom is 0.410 e. The van der Waals surface area contributed by atoms with Gasteiger partial charge in [-0.05, 0) is 32.4 Å². The lowest BCUT2D eigenvalue weighted by atomic mass is 10.1. The molecule has 3 rings (SSSR count). The summed E-state index contributed by atoms with van der Waals surface area (Å²) < 4.78 is 7.28. The maximum absolute atomic E-state index is 12.2. The molecule has 26 heavy (non-hydrogen) atoms. The van der Waals surface area contributed by atoms with Crippen molar-refractivity contribution in [3.8, 4) is 0 Å². The van der Waals surface area contributed by atoms with Gasteiger partial charge in [0, 0.05) is 45.3 Å². The number of carbonyl (C=O) groups excluding carboxylic acids is 1. The molecule has 0 aliphatic carbocycles. The lowest BCUT2D eigenvalue weighted by Crippen LogP contribution is -2.50. The molecule has 7 nitrogen and oxygen atoms in total. The molecule has 0 saturated carbocycles. The van der Waals surface area contributed by atoms with Gasteiger partial charge in [0.2, 0.25) is 0 Å². The number of piperazine rings is 1. The summed E-state index contributed by atoms with van der Waals surface area (Å²) in [5, 5.41) is 4.15. The van der Waals surface area contributed by atoms with E-state index in [4.69, 9.17) is 4.74 Å². The molecule has 1 aromatic heterocycles. The minimum Gasteiger partial charge on any atom is -0.444 e. The molecule has 1 amide bonds. The fourth-order valence-electron chi connectivity index (χ4n) is 3.08. The quantitative estimate of drug-likeness (QED) is 0.844. The Morgan fingerprint density at radius 3 is 2.46 bits per heavy atom. The van der Waals surface area contributed by atoms with Crippen LogP contribution in [0.15, 0.2) is 30.6 Å². The second-order valence-electron chi connectivity index (χ2n) is 7.56. The number of nitrogens with zero attached hydrogens (tertiary/aromatic N) is 5. The van der Waals surface area contributed by atoms with Crippen molar-refractivity contribution in [3.05, 3.63) is 42.0 Å². The van der Waals surface area contributed by atoms with Crippen LogP contribution >= 0.6 is 0 Å². The SMILES string of the molecule is Cn1ncnc1Cc1ccccc1N1CCN(C(=O)OC(C)(C)C)CC1. The first kappa shape index (κ1) is 18.2.